The van der Waals surface area contributed by atoms with Crippen LogP contribution in [0.3, 0.4) is 0 Å². The lowest BCUT2D eigenvalue weighted by Crippen LogP contribution is -2.23. The van der Waals surface area contributed by atoms with Crippen LogP contribution >= 0.6 is 12.2 Å². The Morgan fingerprint density at radius 1 is 1.15 bits per heavy atom. The van der Waals surface area contributed by atoms with E-state index in [1.165, 1.54) is 17.7 Å². The van der Waals surface area contributed by atoms with Gasteiger partial charge in [0.15, 0.2) is 27.8 Å². The Hall–Kier alpha value is -2.59. The van der Waals surface area contributed by atoms with Crippen molar-refractivity contribution in [2.75, 3.05) is 27.9 Å². The fourth-order valence-electron chi connectivity index (χ4n) is 2.49. The highest BCUT2D eigenvalue weighted by Gasteiger charge is 2.30. The van der Waals surface area contributed by atoms with E-state index in [0.29, 0.717) is 0 Å². The number of carbonyl (C=O) groups is 2. The molecule has 0 spiro atoms. The van der Waals surface area contributed by atoms with Gasteiger partial charge in [-0.1, -0.05) is 6.07 Å². The molecule has 1 N–H and O–H groups in total. The first-order chi connectivity index (χ1) is 12.3. The summed E-state index contributed by atoms with van der Waals surface area (Å²) in [6.45, 7) is -0.0398. The van der Waals surface area contributed by atoms with Gasteiger partial charge in [0.2, 0.25) is 0 Å². The van der Waals surface area contributed by atoms with Crippen LogP contribution in [-0.2, 0) is 14.2 Å². The minimum Gasteiger partial charge on any atom is -0.464 e. The second-order valence-corrected chi connectivity index (χ2v) is 5.54. The van der Waals surface area contributed by atoms with E-state index >= 15 is 0 Å². The molecule has 1 aromatic carbocycles. The lowest BCUT2D eigenvalue weighted by atomic mass is 10.1. The standard InChI is InChI=1S/C16H16F2N2O5S/c1-23-7-11(8-4-5-9(17)10(18)6-8)20-13(15(22)25-3)12(14(21)24-2)19-16(20)26/h4-6,11H,7H2,1-3H3,(H,19,26). The van der Waals surface area contributed by atoms with Gasteiger partial charge in [0.25, 0.3) is 0 Å². The van der Waals surface area contributed by atoms with E-state index in [1.807, 2.05) is 0 Å². The highest BCUT2D eigenvalue weighted by atomic mass is 32.1. The number of benzene rings is 1. The summed E-state index contributed by atoms with van der Waals surface area (Å²) in [7, 11) is 3.66. The molecule has 0 amide bonds. The maximum atomic E-state index is 13.7. The molecule has 0 aliphatic rings. The second-order valence-electron chi connectivity index (χ2n) is 5.15. The Labute approximate surface area is 152 Å². The van der Waals surface area contributed by atoms with E-state index in [9.17, 15) is 18.4 Å². The smallest absolute Gasteiger partial charge is 0.357 e. The van der Waals surface area contributed by atoms with E-state index in [4.69, 9.17) is 21.7 Å². The van der Waals surface area contributed by atoms with Crippen LogP contribution in [0.5, 0.6) is 0 Å². The number of nitrogens with one attached hydrogen (secondary N) is 1. The van der Waals surface area contributed by atoms with E-state index in [0.717, 1.165) is 26.4 Å². The molecule has 26 heavy (non-hydrogen) atoms. The predicted octanol–water partition coefficient (Wildman–Crippen LogP) is 2.63. The average molecular weight is 386 g/mol. The molecule has 0 aliphatic heterocycles. The van der Waals surface area contributed by atoms with E-state index in [2.05, 4.69) is 9.72 Å². The lowest BCUT2D eigenvalue weighted by molar-refractivity contribution is 0.0540. The van der Waals surface area contributed by atoms with Crippen LogP contribution in [0.15, 0.2) is 18.2 Å². The van der Waals surface area contributed by atoms with Crippen molar-refractivity contribution in [2.24, 2.45) is 0 Å². The molecule has 1 aromatic heterocycles. The molecule has 2 aromatic rings. The Bertz CT molecular complexity index is 893. The molecule has 1 heterocycles. The predicted molar refractivity (Wildman–Crippen MR) is 88.7 cm³/mol. The van der Waals surface area contributed by atoms with E-state index in [-0.39, 0.29) is 28.3 Å². The van der Waals surface area contributed by atoms with Gasteiger partial charge in [-0.3, -0.25) is 0 Å². The maximum Gasteiger partial charge on any atom is 0.357 e. The number of H-pyrrole nitrogens is 1. The van der Waals surface area contributed by atoms with Crippen molar-refractivity contribution >= 4 is 24.2 Å². The molecule has 0 aliphatic carbocycles. The number of nitrogens with zero attached hydrogens (tertiary/aromatic N) is 1. The number of ether oxygens (including phenoxy) is 3. The fraction of sp³-hybridized carbons (Fsp3) is 0.312. The van der Waals surface area contributed by atoms with Gasteiger partial charge >= 0.3 is 11.9 Å². The zero-order valence-corrected chi connectivity index (χ0v) is 15.0. The van der Waals surface area contributed by atoms with Gasteiger partial charge in [0.05, 0.1) is 26.9 Å². The zero-order valence-electron chi connectivity index (χ0n) is 14.2. The molecular formula is C16H16F2N2O5S. The number of aromatic amines is 1. The number of halogens is 2. The molecule has 10 heteroatoms. The van der Waals surface area contributed by atoms with Crippen LogP contribution in [0.25, 0.3) is 0 Å². The Balaban J connectivity index is 2.73. The SMILES string of the molecule is COCC(c1ccc(F)c(F)c1)n1c(C(=O)OC)c(C(=O)OC)[nH]c1=S. The minimum atomic E-state index is -1.07. The highest BCUT2D eigenvalue weighted by molar-refractivity contribution is 7.71. The molecule has 1 atom stereocenters. The summed E-state index contributed by atoms with van der Waals surface area (Å²) in [6, 6.07) is 2.41. The summed E-state index contributed by atoms with van der Waals surface area (Å²) in [6.07, 6.45) is 0. The molecule has 0 saturated carbocycles. The molecular weight excluding hydrogens is 370 g/mol. The molecule has 140 valence electrons. The number of aromatic nitrogens is 2. The Morgan fingerprint density at radius 3 is 2.35 bits per heavy atom. The number of hydrogen-bond donors (Lipinski definition) is 1. The molecule has 0 fully saturated rings. The number of hydrogen-bond acceptors (Lipinski definition) is 6. The third-order valence-corrected chi connectivity index (χ3v) is 3.96. The normalized spacial score (nSPS) is 11.9. The van der Waals surface area contributed by atoms with E-state index in [1.54, 1.807) is 0 Å². The van der Waals surface area contributed by atoms with Crippen molar-refractivity contribution in [3.05, 3.63) is 51.6 Å². The fourth-order valence-corrected chi connectivity index (χ4v) is 2.81. The van der Waals surface area contributed by atoms with Crippen molar-refractivity contribution in [3.63, 3.8) is 0 Å². The van der Waals surface area contributed by atoms with Crippen molar-refractivity contribution in [1.82, 2.24) is 9.55 Å². The van der Waals surface area contributed by atoms with Crippen LogP contribution in [0, 0.1) is 16.4 Å². The molecule has 2 rings (SSSR count). The summed E-state index contributed by atoms with van der Waals surface area (Å²) in [5.41, 5.74) is -0.147. The monoisotopic (exact) mass is 386 g/mol. The largest absolute Gasteiger partial charge is 0.464 e. The number of esters is 2. The topological polar surface area (TPSA) is 82.6 Å². The first-order valence-corrected chi connectivity index (χ1v) is 7.71. The van der Waals surface area contributed by atoms with Crippen LogP contribution in [-0.4, -0.2) is 49.4 Å². The van der Waals surface area contributed by atoms with Gasteiger partial charge in [-0.05, 0) is 29.9 Å². The Morgan fingerprint density at radius 2 is 1.81 bits per heavy atom. The van der Waals surface area contributed by atoms with Gasteiger partial charge in [-0.25, -0.2) is 18.4 Å². The molecule has 7 nitrogen and oxygen atoms in total. The van der Waals surface area contributed by atoms with Crippen molar-refractivity contribution in [2.45, 2.75) is 6.04 Å². The van der Waals surface area contributed by atoms with Gasteiger partial charge in [-0.15, -0.1) is 0 Å². The number of methoxy groups -OCH3 is 3. The van der Waals surface area contributed by atoms with Crippen LogP contribution in [0.1, 0.15) is 32.6 Å². The third kappa shape index (κ3) is 3.65. The van der Waals surface area contributed by atoms with Gasteiger partial charge < -0.3 is 23.8 Å². The number of carbonyl (C=O) groups excluding carboxylic acids is 2. The third-order valence-electron chi connectivity index (χ3n) is 3.66. The van der Waals surface area contributed by atoms with Gasteiger partial charge in [0, 0.05) is 7.11 Å². The first-order valence-electron chi connectivity index (χ1n) is 7.30. The number of rotatable bonds is 6. The summed E-state index contributed by atoms with van der Waals surface area (Å²) in [4.78, 5) is 26.8. The second kappa shape index (κ2) is 8.19. The van der Waals surface area contributed by atoms with Crippen molar-refractivity contribution in [3.8, 4) is 0 Å². The van der Waals surface area contributed by atoms with Crippen molar-refractivity contribution in [1.29, 1.82) is 0 Å². The Kier molecular flexibility index (Phi) is 6.22. The van der Waals surface area contributed by atoms with Crippen molar-refractivity contribution < 1.29 is 32.6 Å². The van der Waals surface area contributed by atoms with Crippen LogP contribution in [0.4, 0.5) is 8.78 Å². The van der Waals surface area contributed by atoms with E-state index < -0.39 is 29.6 Å². The van der Waals surface area contributed by atoms with Crippen LogP contribution < -0.4 is 0 Å². The molecule has 0 saturated heterocycles. The quantitative estimate of drug-likeness (QED) is 0.607. The van der Waals surface area contributed by atoms with Crippen LogP contribution in [0.2, 0.25) is 0 Å². The molecule has 1 unspecified atom stereocenters. The van der Waals surface area contributed by atoms with Gasteiger partial charge in [-0.2, -0.15) is 0 Å². The summed E-state index contributed by atoms with van der Waals surface area (Å²) >= 11 is 5.21. The zero-order chi connectivity index (χ0) is 19.4. The summed E-state index contributed by atoms with van der Waals surface area (Å²) < 4.78 is 42.7. The lowest BCUT2D eigenvalue weighted by Gasteiger charge is -2.20. The average Bonchev–Trinajstić information content (AvgIpc) is 2.97. The minimum absolute atomic E-state index is 0.0161. The maximum absolute atomic E-state index is 13.7. The first kappa shape index (κ1) is 19.7. The number of imidazole rings is 1. The van der Waals surface area contributed by atoms with Gasteiger partial charge in [0.1, 0.15) is 0 Å². The summed E-state index contributed by atoms with van der Waals surface area (Å²) in [5.74, 6) is -3.79. The highest BCUT2D eigenvalue weighted by Crippen LogP contribution is 2.26. The molecule has 0 radical (unpaired) electrons. The summed E-state index contributed by atoms with van der Waals surface area (Å²) in [5, 5.41) is 0. The molecule has 0 bridgehead atoms.